The summed E-state index contributed by atoms with van der Waals surface area (Å²) in [4.78, 5) is 0. The van der Waals surface area contributed by atoms with Gasteiger partial charge in [-0.2, -0.15) is 0 Å². The van der Waals surface area contributed by atoms with Crippen LogP contribution in [-0.2, 0) is 12.8 Å². The van der Waals surface area contributed by atoms with Crippen LogP contribution in [0, 0.1) is 0 Å². The molecule has 0 amide bonds. The van der Waals surface area contributed by atoms with E-state index >= 15 is 0 Å². The Balaban J connectivity index is 1.97. The van der Waals surface area contributed by atoms with Gasteiger partial charge in [-0.15, -0.1) is 0 Å². The minimum atomic E-state index is -0.623. The maximum Gasteiger partial charge on any atom is 0.125 e. The lowest BCUT2D eigenvalue weighted by Gasteiger charge is -2.16. The zero-order chi connectivity index (χ0) is 13.2. The normalized spacial score (nSPS) is 15.1. The first kappa shape index (κ1) is 12.2. The standard InChI is InChI=1S/C17H18O2/c1-19-16-8-3-2-7-15(16)17(18)14-10-9-12-5-4-6-13(12)11-14/h2-3,7-11,17-18H,4-6H2,1H3. The van der Waals surface area contributed by atoms with Gasteiger partial charge in [-0.05, 0) is 42.0 Å². The van der Waals surface area contributed by atoms with Gasteiger partial charge >= 0.3 is 0 Å². The predicted octanol–water partition coefficient (Wildman–Crippen LogP) is 3.27. The zero-order valence-electron chi connectivity index (χ0n) is 11.1. The van der Waals surface area contributed by atoms with Crippen molar-refractivity contribution in [1.82, 2.24) is 0 Å². The Labute approximate surface area is 113 Å². The van der Waals surface area contributed by atoms with Gasteiger partial charge in [0, 0.05) is 5.56 Å². The third-order valence-corrected chi connectivity index (χ3v) is 3.87. The van der Waals surface area contributed by atoms with E-state index < -0.39 is 6.10 Å². The van der Waals surface area contributed by atoms with Crippen LogP contribution < -0.4 is 4.74 Å². The van der Waals surface area contributed by atoms with E-state index in [9.17, 15) is 5.11 Å². The molecule has 0 spiro atoms. The average Bonchev–Trinajstić information content (AvgIpc) is 2.93. The third kappa shape index (κ3) is 2.24. The Morgan fingerprint density at radius 3 is 2.68 bits per heavy atom. The number of methoxy groups -OCH3 is 1. The second kappa shape index (κ2) is 5.06. The Bertz CT molecular complexity index is 590. The summed E-state index contributed by atoms with van der Waals surface area (Å²) < 4.78 is 5.32. The van der Waals surface area contributed by atoms with Crippen LogP contribution >= 0.6 is 0 Å². The highest BCUT2D eigenvalue weighted by molar-refractivity contribution is 5.43. The summed E-state index contributed by atoms with van der Waals surface area (Å²) >= 11 is 0. The number of hydrogen-bond donors (Lipinski definition) is 1. The van der Waals surface area contributed by atoms with Crippen molar-refractivity contribution in [3.8, 4) is 5.75 Å². The van der Waals surface area contributed by atoms with Crippen LogP contribution in [0.25, 0.3) is 0 Å². The van der Waals surface area contributed by atoms with Crippen LogP contribution in [0.2, 0.25) is 0 Å². The number of aryl methyl sites for hydroxylation is 2. The lowest BCUT2D eigenvalue weighted by atomic mass is 9.97. The van der Waals surface area contributed by atoms with Crippen LogP contribution in [0.1, 0.15) is 34.8 Å². The highest BCUT2D eigenvalue weighted by Crippen LogP contribution is 2.32. The Kier molecular flexibility index (Phi) is 3.26. The number of para-hydroxylation sites is 1. The molecular weight excluding hydrogens is 236 g/mol. The first-order valence-electron chi connectivity index (χ1n) is 6.72. The average molecular weight is 254 g/mol. The number of ether oxygens (including phenoxy) is 1. The Hall–Kier alpha value is -1.80. The lowest BCUT2D eigenvalue weighted by molar-refractivity contribution is 0.214. The minimum absolute atomic E-state index is 0.623. The molecule has 0 fully saturated rings. The zero-order valence-corrected chi connectivity index (χ0v) is 11.1. The molecule has 0 heterocycles. The molecule has 19 heavy (non-hydrogen) atoms. The van der Waals surface area contributed by atoms with Gasteiger partial charge in [-0.1, -0.05) is 36.4 Å². The van der Waals surface area contributed by atoms with E-state index in [1.54, 1.807) is 7.11 Å². The van der Waals surface area contributed by atoms with Crippen molar-refractivity contribution in [2.75, 3.05) is 7.11 Å². The maximum atomic E-state index is 10.6. The number of aliphatic hydroxyl groups is 1. The molecule has 1 aliphatic carbocycles. The molecule has 0 aliphatic heterocycles. The van der Waals surface area contributed by atoms with Crippen molar-refractivity contribution in [2.24, 2.45) is 0 Å². The fraction of sp³-hybridized carbons (Fsp3) is 0.294. The molecule has 2 aromatic rings. The van der Waals surface area contributed by atoms with Gasteiger partial charge in [0.15, 0.2) is 0 Å². The van der Waals surface area contributed by atoms with Crippen LogP contribution in [0.15, 0.2) is 42.5 Å². The molecule has 0 saturated carbocycles. The third-order valence-electron chi connectivity index (χ3n) is 3.87. The summed E-state index contributed by atoms with van der Waals surface area (Å²) in [6.45, 7) is 0. The fourth-order valence-electron chi connectivity index (χ4n) is 2.83. The predicted molar refractivity (Wildman–Crippen MR) is 75.5 cm³/mol. The first-order chi connectivity index (χ1) is 9.29. The fourth-order valence-corrected chi connectivity index (χ4v) is 2.83. The summed E-state index contributed by atoms with van der Waals surface area (Å²) in [5.41, 5.74) is 4.58. The molecule has 1 aliphatic rings. The van der Waals surface area contributed by atoms with Gasteiger partial charge in [0.05, 0.1) is 7.11 Å². The van der Waals surface area contributed by atoms with Crippen LogP contribution in [-0.4, -0.2) is 12.2 Å². The van der Waals surface area contributed by atoms with Gasteiger partial charge in [-0.25, -0.2) is 0 Å². The molecule has 0 aromatic heterocycles. The van der Waals surface area contributed by atoms with Crippen molar-refractivity contribution < 1.29 is 9.84 Å². The number of aliphatic hydroxyl groups excluding tert-OH is 1. The van der Waals surface area contributed by atoms with Crippen LogP contribution in [0.3, 0.4) is 0 Å². The highest BCUT2D eigenvalue weighted by Gasteiger charge is 2.18. The van der Waals surface area contributed by atoms with E-state index in [1.807, 2.05) is 30.3 Å². The monoisotopic (exact) mass is 254 g/mol. The smallest absolute Gasteiger partial charge is 0.125 e. The maximum absolute atomic E-state index is 10.6. The molecule has 0 saturated heterocycles. The summed E-state index contributed by atoms with van der Waals surface area (Å²) in [6.07, 6.45) is 2.90. The van der Waals surface area contributed by atoms with Crippen molar-refractivity contribution in [3.63, 3.8) is 0 Å². The van der Waals surface area contributed by atoms with E-state index in [0.717, 1.165) is 23.3 Å². The second-order valence-electron chi connectivity index (χ2n) is 5.03. The Morgan fingerprint density at radius 1 is 1.05 bits per heavy atom. The van der Waals surface area contributed by atoms with E-state index in [1.165, 1.54) is 24.0 Å². The van der Waals surface area contributed by atoms with E-state index in [0.29, 0.717) is 0 Å². The van der Waals surface area contributed by atoms with E-state index in [-0.39, 0.29) is 0 Å². The molecule has 98 valence electrons. The number of fused-ring (bicyclic) bond motifs is 1. The molecule has 1 unspecified atom stereocenters. The van der Waals surface area contributed by atoms with Gasteiger partial charge in [-0.3, -0.25) is 0 Å². The topological polar surface area (TPSA) is 29.5 Å². The lowest BCUT2D eigenvalue weighted by Crippen LogP contribution is -2.03. The van der Waals surface area contributed by atoms with Crippen LogP contribution in [0.4, 0.5) is 0 Å². The van der Waals surface area contributed by atoms with Gasteiger partial charge < -0.3 is 9.84 Å². The number of rotatable bonds is 3. The Morgan fingerprint density at radius 2 is 1.84 bits per heavy atom. The quantitative estimate of drug-likeness (QED) is 0.911. The van der Waals surface area contributed by atoms with E-state index in [4.69, 9.17) is 4.74 Å². The molecule has 2 aromatic carbocycles. The number of hydrogen-bond acceptors (Lipinski definition) is 2. The molecule has 0 bridgehead atoms. The molecule has 2 heteroatoms. The molecule has 0 radical (unpaired) electrons. The molecule has 1 N–H and O–H groups in total. The summed E-state index contributed by atoms with van der Waals surface area (Å²) in [5.74, 6) is 0.732. The second-order valence-corrected chi connectivity index (χ2v) is 5.03. The van der Waals surface area contributed by atoms with Gasteiger partial charge in [0.2, 0.25) is 0 Å². The van der Waals surface area contributed by atoms with Crippen molar-refractivity contribution in [1.29, 1.82) is 0 Å². The first-order valence-corrected chi connectivity index (χ1v) is 6.72. The molecule has 1 atom stereocenters. The minimum Gasteiger partial charge on any atom is -0.496 e. The van der Waals surface area contributed by atoms with Crippen molar-refractivity contribution >= 4 is 0 Å². The molecule has 2 nitrogen and oxygen atoms in total. The van der Waals surface area contributed by atoms with Gasteiger partial charge in [0.1, 0.15) is 11.9 Å². The molecular formula is C17H18O2. The summed E-state index contributed by atoms with van der Waals surface area (Å²) in [5, 5.41) is 10.6. The summed E-state index contributed by atoms with van der Waals surface area (Å²) in [6, 6.07) is 14.0. The van der Waals surface area contributed by atoms with Crippen molar-refractivity contribution in [3.05, 3.63) is 64.7 Å². The largest absolute Gasteiger partial charge is 0.496 e. The van der Waals surface area contributed by atoms with Gasteiger partial charge in [0.25, 0.3) is 0 Å². The summed E-state index contributed by atoms with van der Waals surface area (Å²) in [7, 11) is 1.63. The van der Waals surface area contributed by atoms with E-state index in [2.05, 4.69) is 12.1 Å². The van der Waals surface area contributed by atoms with Crippen molar-refractivity contribution in [2.45, 2.75) is 25.4 Å². The molecule has 3 rings (SSSR count). The van der Waals surface area contributed by atoms with Crippen LogP contribution in [0.5, 0.6) is 5.75 Å². The SMILES string of the molecule is COc1ccccc1C(O)c1ccc2c(c1)CCC2. The highest BCUT2D eigenvalue weighted by atomic mass is 16.5. The number of benzene rings is 2.